The number of methoxy groups -OCH3 is 1. The Bertz CT molecular complexity index is 964. The van der Waals surface area contributed by atoms with Crippen LogP contribution in [0, 0.1) is 0 Å². The van der Waals surface area contributed by atoms with Crippen molar-refractivity contribution in [2.24, 2.45) is 0 Å². The molecule has 2 fully saturated rings. The molecular formula is C18H23N5O4S2. The van der Waals surface area contributed by atoms with Gasteiger partial charge in [0, 0.05) is 32.2 Å². The van der Waals surface area contributed by atoms with Gasteiger partial charge >= 0.3 is 0 Å². The quantitative estimate of drug-likeness (QED) is 0.601. The van der Waals surface area contributed by atoms with E-state index in [1.807, 2.05) is 4.57 Å². The third-order valence-corrected chi connectivity index (χ3v) is 7.95. The lowest BCUT2D eigenvalue weighted by Gasteiger charge is -2.34. The number of hydrogen-bond donors (Lipinski definition) is 0. The number of carbonyl (C=O) groups is 1. The lowest BCUT2D eigenvalue weighted by molar-refractivity contribution is -0.129. The third-order valence-electron chi connectivity index (χ3n) is 5.09. The Kier molecular flexibility index (Phi) is 5.79. The summed E-state index contributed by atoms with van der Waals surface area (Å²) in [7, 11) is -2.04. The number of amides is 1. The fourth-order valence-corrected chi connectivity index (χ4v) is 5.54. The average molecular weight is 438 g/mol. The zero-order valence-electron chi connectivity index (χ0n) is 16.1. The minimum absolute atomic E-state index is 0.0122. The second-order valence-electron chi connectivity index (χ2n) is 7.00. The van der Waals surface area contributed by atoms with Gasteiger partial charge in [0.15, 0.2) is 5.16 Å². The molecule has 1 aromatic carbocycles. The Morgan fingerprint density at radius 1 is 1.17 bits per heavy atom. The molecule has 2 aromatic rings. The van der Waals surface area contributed by atoms with E-state index in [0.29, 0.717) is 24.9 Å². The van der Waals surface area contributed by atoms with Crippen LogP contribution >= 0.6 is 11.8 Å². The molecule has 4 rings (SSSR count). The van der Waals surface area contributed by atoms with Gasteiger partial charge in [0.25, 0.3) is 0 Å². The highest BCUT2D eigenvalue weighted by atomic mass is 32.2. The summed E-state index contributed by atoms with van der Waals surface area (Å²) < 4.78 is 34.2. The van der Waals surface area contributed by atoms with Crippen LogP contribution in [0.3, 0.4) is 0 Å². The summed E-state index contributed by atoms with van der Waals surface area (Å²) in [6.07, 6.45) is 3.97. The Morgan fingerprint density at radius 2 is 1.86 bits per heavy atom. The molecule has 1 amide bonds. The van der Waals surface area contributed by atoms with Gasteiger partial charge in [-0.25, -0.2) is 8.42 Å². The average Bonchev–Trinajstić information content (AvgIpc) is 3.49. The Labute approximate surface area is 174 Å². The van der Waals surface area contributed by atoms with E-state index in [1.165, 1.54) is 23.2 Å². The van der Waals surface area contributed by atoms with Crippen LogP contribution in [0.4, 0.5) is 0 Å². The van der Waals surface area contributed by atoms with Crippen molar-refractivity contribution in [1.82, 2.24) is 24.0 Å². The SMILES string of the molecule is COc1ccc(S(=O)(=O)N2CCN(C(=O)CSc3nncn3C3CC3)CC2)cc1. The fraction of sp³-hybridized carbons (Fsp3) is 0.500. The molecule has 156 valence electrons. The topological polar surface area (TPSA) is 97.6 Å². The minimum atomic E-state index is -3.58. The highest BCUT2D eigenvalue weighted by Gasteiger charge is 2.31. The smallest absolute Gasteiger partial charge is 0.243 e. The monoisotopic (exact) mass is 437 g/mol. The molecule has 0 bridgehead atoms. The number of hydrogen-bond acceptors (Lipinski definition) is 7. The second kappa shape index (κ2) is 8.33. The van der Waals surface area contributed by atoms with Gasteiger partial charge in [0.1, 0.15) is 12.1 Å². The van der Waals surface area contributed by atoms with Crippen LogP contribution in [0.1, 0.15) is 18.9 Å². The van der Waals surface area contributed by atoms with Crippen LogP contribution in [-0.4, -0.2) is 77.3 Å². The first-order valence-corrected chi connectivity index (χ1v) is 11.9. The number of ether oxygens (including phenoxy) is 1. The van der Waals surface area contributed by atoms with E-state index in [2.05, 4.69) is 10.2 Å². The van der Waals surface area contributed by atoms with Crippen LogP contribution in [0.15, 0.2) is 40.6 Å². The van der Waals surface area contributed by atoms with Gasteiger partial charge in [-0.2, -0.15) is 4.31 Å². The predicted octanol–water partition coefficient (Wildman–Crippen LogP) is 1.25. The van der Waals surface area contributed by atoms with E-state index in [0.717, 1.165) is 18.0 Å². The fourth-order valence-electron chi connectivity index (χ4n) is 3.23. The van der Waals surface area contributed by atoms with Gasteiger partial charge in [-0.05, 0) is 37.1 Å². The van der Waals surface area contributed by atoms with E-state index in [1.54, 1.807) is 35.5 Å². The molecule has 29 heavy (non-hydrogen) atoms. The van der Waals surface area contributed by atoms with Crippen molar-refractivity contribution in [2.75, 3.05) is 39.0 Å². The molecule has 1 aliphatic carbocycles. The summed E-state index contributed by atoms with van der Waals surface area (Å²) in [6.45, 7) is 1.32. The van der Waals surface area contributed by atoms with Gasteiger partial charge in [-0.1, -0.05) is 11.8 Å². The summed E-state index contributed by atoms with van der Waals surface area (Å²) in [5, 5.41) is 8.80. The lowest BCUT2D eigenvalue weighted by Crippen LogP contribution is -2.50. The Morgan fingerprint density at radius 3 is 2.48 bits per heavy atom. The van der Waals surface area contributed by atoms with Gasteiger partial charge < -0.3 is 14.2 Å². The number of piperazine rings is 1. The molecule has 2 aliphatic rings. The molecule has 0 atom stereocenters. The number of thioether (sulfide) groups is 1. The van der Waals surface area contributed by atoms with Gasteiger partial charge in [-0.3, -0.25) is 4.79 Å². The van der Waals surface area contributed by atoms with E-state index in [4.69, 9.17) is 4.74 Å². The molecular weight excluding hydrogens is 414 g/mol. The number of benzene rings is 1. The van der Waals surface area contributed by atoms with E-state index in [-0.39, 0.29) is 29.6 Å². The molecule has 2 heterocycles. The number of carbonyl (C=O) groups excluding carboxylic acids is 1. The minimum Gasteiger partial charge on any atom is -0.497 e. The van der Waals surface area contributed by atoms with Crippen LogP contribution in [0.25, 0.3) is 0 Å². The number of nitrogens with zero attached hydrogens (tertiary/aromatic N) is 5. The molecule has 1 saturated carbocycles. The maximum atomic E-state index is 12.8. The van der Waals surface area contributed by atoms with Crippen LogP contribution in [0.2, 0.25) is 0 Å². The van der Waals surface area contributed by atoms with Crippen molar-refractivity contribution in [3.05, 3.63) is 30.6 Å². The molecule has 0 spiro atoms. The highest BCUT2D eigenvalue weighted by Crippen LogP contribution is 2.37. The predicted molar refractivity (Wildman–Crippen MR) is 107 cm³/mol. The number of aromatic nitrogens is 3. The van der Waals surface area contributed by atoms with Crippen LogP contribution in [0.5, 0.6) is 5.75 Å². The molecule has 1 aromatic heterocycles. The van der Waals surface area contributed by atoms with Crippen molar-refractivity contribution >= 4 is 27.7 Å². The Balaban J connectivity index is 1.31. The maximum Gasteiger partial charge on any atom is 0.243 e. The van der Waals surface area contributed by atoms with Crippen molar-refractivity contribution in [1.29, 1.82) is 0 Å². The van der Waals surface area contributed by atoms with Gasteiger partial charge in [0.05, 0.1) is 17.8 Å². The second-order valence-corrected chi connectivity index (χ2v) is 9.88. The van der Waals surface area contributed by atoms with E-state index >= 15 is 0 Å². The summed E-state index contributed by atoms with van der Waals surface area (Å²) >= 11 is 1.38. The van der Waals surface area contributed by atoms with Crippen molar-refractivity contribution in [2.45, 2.75) is 28.9 Å². The number of rotatable bonds is 7. The first-order valence-electron chi connectivity index (χ1n) is 9.43. The lowest BCUT2D eigenvalue weighted by atomic mass is 10.3. The molecule has 1 saturated heterocycles. The molecule has 0 radical (unpaired) electrons. The molecule has 0 N–H and O–H groups in total. The van der Waals surface area contributed by atoms with E-state index in [9.17, 15) is 13.2 Å². The summed E-state index contributed by atoms with van der Waals surface area (Å²) in [6, 6.07) is 6.81. The van der Waals surface area contributed by atoms with Crippen molar-refractivity contribution in [3.8, 4) is 5.75 Å². The molecule has 9 nitrogen and oxygen atoms in total. The zero-order chi connectivity index (χ0) is 20.4. The Hall–Kier alpha value is -2.11. The summed E-state index contributed by atoms with van der Waals surface area (Å²) in [5.74, 6) is 0.868. The van der Waals surface area contributed by atoms with Crippen molar-refractivity contribution < 1.29 is 17.9 Å². The van der Waals surface area contributed by atoms with Gasteiger partial charge in [-0.15, -0.1) is 10.2 Å². The summed E-state index contributed by atoms with van der Waals surface area (Å²) in [5.41, 5.74) is 0. The molecule has 0 unspecified atom stereocenters. The zero-order valence-corrected chi connectivity index (χ0v) is 17.7. The van der Waals surface area contributed by atoms with Crippen molar-refractivity contribution in [3.63, 3.8) is 0 Å². The maximum absolute atomic E-state index is 12.8. The molecule has 11 heteroatoms. The number of sulfonamides is 1. The normalized spacial score (nSPS) is 18.0. The van der Waals surface area contributed by atoms with Gasteiger partial charge in [0.2, 0.25) is 15.9 Å². The first-order chi connectivity index (χ1) is 14.0. The largest absolute Gasteiger partial charge is 0.497 e. The van der Waals surface area contributed by atoms with Crippen LogP contribution < -0.4 is 4.74 Å². The van der Waals surface area contributed by atoms with Crippen LogP contribution in [-0.2, 0) is 14.8 Å². The standard InChI is InChI=1S/C18H23N5O4S2/c1-27-15-4-6-16(7-5-15)29(25,26)22-10-8-21(9-11-22)17(24)12-28-18-20-19-13-23(18)14-2-3-14/h4-7,13-14H,2-3,8-12H2,1H3. The van der Waals surface area contributed by atoms with E-state index < -0.39 is 10.0 Å². The third kappa shape index (κ3) is 4.41. The molecule has 1 aliphatic heterocycles. The first kappa shape index (κ1) is 20.2. The highest BCUT2D eigenvalue weighted by molar-refractivity contribution is 7.99. The summed E-state index contributed by atoms with van der Waals surface area (Å²) in [4.78, 5) is 14.5.